The van der Waals surface area contributed by atoms with E-state index in [4.69, 9.17) is 16.3 Å². The highest BCUT2D eigenvalue weighted by Crippen LogP contribution is 2.16. The van der Waals surface area contributed by atoms with E-state index in [2.05, 4.69) is 20.1 Å². The number of nitrogens with zero attached hydrogens (tertiary/aromatic N) is 6. The maximum atomic E-state index is 5.96. The van der Waals surface area contributed by atoms with Gasteiger partial charge >= 0.3 is 0 Å². The van der Waals surface area contributed by atoms with Gasteiger partial charge < -0.3 is 9.64 Å². The summed E-state index contributed by atoms with van der Waals surface area (Å²) >= 11 is 5.96. The molecule has 1 atom stereocenters. The molecular formula is C11H13ClN6O. The summed E-state index contributed by atoms with van der Waals surface area (Å²) in [5.41, 5.74) is 0. The molecule has 0 aromatic carbocycles. The Balaban J connectivity index is 1.93. The third-order valence-electron chi connectivity index (χ3n) is 2.82. The molecule has 7 nitrogen and oxygen atoms in total. The van der Waals surface area contributed by atoms with Gasteiger partial charge in [-0.3, -0.25) is 0 Å². The van der Waals surface area contributed by atoms with E-state index in [0.29, 0.717) is 18.5 Å². The molecule has 0 N–H and O–H groups in total. The summed E-state index contributed by atoms with van der Waals surface area (Å²) < 4.78 is 7.06. The van der Waals surface area contributed by atoms with E-state index in [1.165, 1.54) is 0 Å². The molecule has 0 amide bonds. The van der Waals surface area contributed by atoms with Gasteiger partial charge in [0.1, 0.15) is 0 Å². The molecule has 100 valence electrons. The first kappa shape index (κ1) is 12.3. The SMILES string of the molecule is CC1CN(c2nc(Cl)nc(-n3cccn3)n2)CCO1. The van der Waals surface area contributed by atoms with Crippen LogP contribution in [0.3, 0.4) is 0 Å². The molecule has 0 saturated carbocycles. The lowest BCUT2D eigenvalue weighted by molar-refractivity contribution is 0.0526. The monoisotopic (exact) mass is 280 g/mol. The summed E-state index contributed by atoms with van der Waals surface area (Å²) in [6.45, 7) is 4.15. The van der Waals surface area contributed by atoms with Crippen molar-refractivity contribution in [1.82, 2.24) is 24.7 Å². The lowest BCUT2D eigenvalue weighted by atomic mass is 10.3. The molecule has 3 heterocycles. The second-order valence-electron chi connectivity index (χ2n) is 4.28. The smallest absolute Gasteiger partial charge is 0.256 e. The van der Waals surface area contributed by atoms with E-state index < -0.39 is 0 Å². The van der Waals surface area contributed by atoms with Gasteiger partial charge in [-0.25, -0.2) is 4.68 Å². The maximum absolute atomic E-state index is 5.96. The average Bonchev–Trinajstić information content (AvgIpc) is 2.92. The fourth-order valence-corrected chi connectivity index (χ4v) is 2.11. The molecule has 2 aromatic heterocycles. The molecule has 1 saturated heterocycles. The van der Waals surface area contributed by atoms with Crippen LogP contribution in [0.5, 0.6) is 0 Å². The van der Waals surface area contributed by atoms with E-state index >= 15 is 0 Å². The molecular weight excluding hydrogens is 268 g/mol. The summed E-state index contributed by atoms with van der Waals surface area (Å²) in [7, 11) is 0. The van der Waals surface area contributed by atoms with E-state index in [-0.39, 0.29) is 11.4 Å². The molecule has 2 aromatic rings. The second kappa shape index (κ2) is 5.10. The predicted molar refractivity (Wildman–Crippen MR) is 69.6 cm³/mol. The van der Waals surface area contributed by atoms with Gasteiger partial charge in [0.05, 0.1) is 12.7 Å². The van der Waals surface area contributed by atoms with Crippen LogP contribution < -0.4 is 4.90 Å². The number of aromatic nitrogens is 5. The molecule has 1 fully saturated rings. The fraction of sp³-hybridized carbons (Fsp3) is 0.455. The largest absolute Gasteiger partial charge is 0.375 e. The van der Waals surface area contributed by atoms with Crippen LogP contribution in [0.2, 0.25) is 5.28 Å². The Labute approximate surface area is 115 Å². The van der Waals surface area contributed by atoms with Gasteiger partial charge in [-0.2, -0.15) is 20.1 Å². The highest BCUT2D eigenvalue weighted by molar-refractivity contribution is 6.28. The molecule has 0 spiro atoms. The van der Waals surface area contributed by atoms with E-state index in [9.17, 15) is 0 Å². The number of morpholine rings is 1. The van der Waals surface area contributed by atoms with Crippen molar-refractivity contribution in [2.75, 3.05) is 24.6 Å². The molecule has 3 rings (SSSR count). The van der Waals surface area contributed by atoms with Gasteiger partial charge in [-0.1, -0.05) is 0 Å². The van der Waals surface area contributed by atoms with E-state index in [1.54, 1.807) is 23.1 Å². The molecule has 0 bridgehead atoms. The number of ether oxygens (including phenoxy) is 1. The van der Waals surface area contributed by atoms with Crippen LogP contribution in [0.4, 0.5) is 5.95 Å². The van der Waals surface area contributed by atoms with Gasteiger partial charge in [0, 0.05) is 25.5 Å². The van der Waals surface area contributed by atoms with Crippen LogP contribution in [0.25, 0.3) is 5.95 Å². The van der Waals surface area contributed by atoms with Crippen molar-refractivity contribution < 1.29 is 4.74 Å². The topological polar surface area (TPSA) is 69.0 Å². The first-order valence-corrected chi connectivity index (χ1v) is 6.38. The third-order valence-corrected chi connectivity index (χ3v) is 2.99. The predicted octanol–water partition coefficient (Wildman–Crippen LogP) is 0.936. The Kier molecular flexibility index (Phi) is 3.31. The first-order valence-electron chi connectivity index (χ1n) is 6.00. The number of rotatable bonds is 2. The van der Waals surface area contributed by atoms with Crippen LogP contribution in [0.15, 0.2) is 18.5 Å². The lowest BCUT2D eigenvalue weighted by Gasteiger charge is -2.31. The van der Waals surface area contributed by atoms with Crippen molar-refractivity contribution in [2.45, 2.75) is 13.0 Å². The van der Waals surface area contributed by atoms with E-state index in [0.717, 1.165) is 13.1 Å². The zero-order valence-corrected chi connectivity index (χ0v) is 11.2. The number of halogens is 1. The minimum Gasteiger partial charge on any atom is -0.375 e. The Morgan fingerprint density at radius 2 is 2.16 bits per heavy atom. The number of hydrogen-bond acceptors (Lipinski definition) is 6. The van der Waals surface area contributed by atoms with E-state index in [1.807, 2.05) is 11.8 Å². The van der Waals surface area contributed by atoms with Gasteiger partial charge in [0.2, 0.25) is 11.2 Å². The molecule has 1 unspecified atom stereocenters. The van der Waals surface area contributed by atoms with Crippen molar-refractivity contribution in [2.24, 2.45) is 0 Å². The Morgan fingerprint density at radius 3 is 2.89 bits per heavy atom. The van der Waals surface area contributed by atoms with Gasteiger partial charge in [-0.15, -0.1) is 0 Å². The third kappa shape index (κ3) is 2.66. The molecule has 1 aliphatic heterocycles. The minimum atomic E-state index is 0.150. The van der Waals surface area contributed by atoms with Crippen molar-refractivity contribution in [1.29, 1.82) is 0 Å². The van der Waals surface area contributed by atoms with Crippen molar-refractivity contribution in [3.63, 3.8) is 0 Å². The second-order valence-corrected chi connectivity index (χ2v) is 4.62. The van der Waals surface area contributed by atoms with Gasteiger partial charge in [-0.05, 0) is 24.6 Å². The van der Waals surface area contributed by atoms with Gasteiger partial charge in [0.15, 0.2) is 0 Å². The minimum absolute atomic E-state index is 0.150. The van der Waals surface area contributed by atoms with Crippen LogP contribution in [-0.4, -0.2) is 50.5 Å². The fourth-order valence-electron chi connectivity index (χ4n) is 1.96. The Morgan fingerprint density at radius 1 is 1.32 bits per heavy atom. The number of anilines is 1. The molecule has 1 aliphatic rings. The Hall–Kier alpha value is -1.73. The summed E-state index contributed by atoms with van der Waals surface area (Å²) in [5.74, 6) is 0.972. The highest BCUT2D eigenvalue weighted by atomic mass is 35.5. The molecule has 19 heavy (non-hydrogen) atoms. The summed E-state index contributed by atoms with van der Waals surface area (Å²) in [5, 5.41) is 4.25. The highest BCUT2D eigenvalue weighted by Gasteiger charge is 2.20. The molecule has 8 heteroatoms. The zero-order chi connectivity index (χ0) is 13.2. The quantitative estimate of drug-likeness (QED) is 0.815. The van der Waals surface area contributed by atoms with Crippen LogP contribution in [-0.2, 0) is 4.74 Å². The number of hydrogen-bond donors (Lipinski definition) is 0. The van der Waals surface area contributed by atoms with Crippen LogP contribution in [0, 0.1) is 0 Å². The summed E-state index contributed by atoms with van der Waals surface area (Å²) in [6.07, 6.45) is 3.57. The summed E-state index contributed by atoms with van der Waals surface area (Å²) in [4.78, 5) is 14.7. The van der Waals surface area contributed by atoms with Crippen molar-refractivity contribution in [3.05, 3.63) is 23.7 Å². The molecule has 0 aliphatic carbocycles. The Bertz CT molecular complexity index is 560. The normalized spacial score (nSPS) is 19.7. The van der Waals surface area contributed by atoms with Crippen LogP contribution >= 0.6 is 11.6 Å². The zero-order valence-electron chi connectivity index (χ0n) is 10.4. The maximum Gasteiger partial charge on any atom is 0.256 e. The van der Waals surface area contributed by atoms with Crippen molar-refractivity contribution >= 4 is 17.5 Å². The van der Waals surface area contributed by atoms with Crippen LogP contribution in [0.1, 0.15) is 6.92 Å². The standard InChI is InChI=1S/C11H13ClN6O/c1-8-7-17(5-6-19-8)10-14-9(12)15-11(16-10)18-4-2-3-13-18/h2-4,8H,5-7H2,1H3. The summed E-state index contributed by atoms with van der Waals surface area (Å²) in [6, 6.07) is 1.80. The average molecular weight is 281 g/mol. The first-order chi connectivity index (χ1) is 9.22. The van der Waals surface area contributed by atoms with Crippen molar-refractivity contribution in [3.8, 4) is 5.95 Å². The molecule has 0 radical (unpaired) electrons. The van der Waals surface area contributed by atoms with Gasteiger partial charge in [0.25, 0.3) is 5.95 Å². The lowest BCUT2D eigenvalue weighted by Crippen LogP contribution is -2.42.